The Hall–Kier alpha value is -4.59. The fourth-order valence-electron chi connectivity index (χ4n) is 5.06. The minimum absolute atomic E-state index is 0.00810. The van der Waals surface area contributed by atoms with Gasteiger partial charge in [-0.2, -0.15) is 0 Å². The molecule has 8 nitrogen and oxygen atoms in total. The number of anilines is 1. The maximum atomic E-state index is 14.0. The van der Waals surface area contributed by atoms with Crippen molar-refractivity contribution in [2.24, 2.45) is 0 Å². The maximum absolute atomic E-state index is 14.0. The Balaban J connectivity index is 1.65. The molecule has 0 saturated heterocycles. The molecule has 1 aliphatic rings. The van der Waals surface area contributed by atoms with Gasteiger partial charge in [-0.3, -0.25) is 14.5 Å². The first-order valence-electron chi connectivity index (χ1n) is 14.0. The SMILES string of the molecule is CCCCOC(=O)c1ccc(N2C(=O)c3oc4ccc(C)cc4c(=O)c3C2c2ccc(OCC)c(OCC)c2)cc1. The van der Waals surface area contributed by atoms with E-state index in [1.54, 1.807) is 48.5 Å². The van der Waals surface area contributed by atoms with Crippen molar-refractivity contribution in [2.75, 3.05) is 24.7 Å². The molecule has 1 aliphatic heterocycles. The summed E-state index contributed by atoms with van der Waals surface area (Å²) in [5.41, 5.74) is 2.77. The van der Waals surface area contributed by atoms with Crippen molar-refractivity contribution in [2.45, 2.75) is 46.6 Å². The van der Waals surface area contributed by atoms with Crippen molar-refractivity contribution < 1.29 is 28.2 Å². The van der Waals surface area contributed by atoms with Crippen LogP contribution in [0.25, 0.3) is 11.0 Å². The molecule has 1 aromatic heterocycles. The normalized spacial score (nSPS) is 14.3. The molecule has 8 heteroatoms. The molecule has 0 spiro atoms. The third kappa shape index (κ3) is 5.29. The molecular formula is C33H33NO7. The largest absolute Gasteiger partial charge is 0.490 e. The number of esters is 1. The third-order valence-electron chi connectivity index (χ3n) is 7.02. The Morgan fingerprint density at radius 1 is 0.902 bits per heavy atom. The van der Waals surface area contributed by atoms with E-state index < -0.39 is 17.9 Å². The van der Waals surface area contributed by atoms with Crippen molar-refractivity contribution in [3.63, 3.8) is 0 Å². The lowest BCUT2D eigenvalue weighted by molar-refractivity contribution is 0.0499. The monoisotopic (exact) mass is 555 g/mol. The maximum Gasteiger partial charge on any atom is 0.338 e. The first kappa shape index (κ1) is 28.0. The highest BCUT2D eigenvalue weighted by Gasteiger charge is 2.44. The van der Waals surface area contributed by atoms with E-state index in [0.717, 1.165) is 18.4 Å². The third-order valence-corrected chi connectivity index (χ3v) is 7.02. The number of carbonyl (C=O) groups excluding carboxylic acids is 2. The smallest absolute Gasteiger partial charge is 0.338 e. The van der Waals surface area contributed by atoms with Gasteiger partial charge in [0.05, 0.1) is 42.4 Å². The second-order valence-electron chi connectivity index (χ2n) is 9.86. The second kappa shape index (κ2) is 11.9. The molecule has 1 unspecified atom stereocenters. The predicted octanol–water partition coefficient (Wildman–Crippen LogP) is 6.61. The topological polar surface area (TPSA) is 95.3 Å². The van der Waals surface area contributed by atoms with Crippen LogP contribution in [0, 0.1) is 6.92 Å². The molecule has 5 rings (SSSR count). The van der Waals surface area contributed by atoms with Crippen LogP contribution in [0.4, 0.5) is 5.69 Å². The average Bonchev–Trinajstić information content (AvgIpc) is 3.27. The van der Waals surface area contributed by atoms with Gasteiger partial charge < -0.3 is 18.6 Å². The Kier molecular flexibility index (Phi) is 8.10. The molecule has 1 amide bonds. The van der Waals surface area contributed by atoms with E-state index in [4.69, 9.17) is 18.6 Å². The van der Waals surface area contributed by atoms with Gasteiger partial charge in [0.1, 0.15) is 5.58 Å². The van der Waals surface area contributed by atoms with Crippen molar-refractivity contribution in [1.82, 2.24) is 0 Å². The highest BCUT2D eigenvalue weighted by Crippen LogP contribution is 2.43. The van der Waals surface area contributed by atoms with Crippen molar-refractivity contribution in [3.05, 3.63) is 98.9 Å². The lowest BCUT2D eigenvalue weighted by atomic mass is 9.97. The Labute approximate surface area is 238 Å². The molecule has 1 atom stereocenters. The number of unbranched alkanes of at least 4 members (excludes halogenated alkanes) is 1. The summed E-state index contributed by atoms with van der Waals surface area (Å²) in [7, 11) is 0. The van der Waals surface area contributed by atoms with E-state index in [1.165, 1.54) is 4.90 Å². The molecule has 0 aliphatic carbocycles. The Bertz CT molecular complexity index is 1660. The summed E-state index contributed by atoms with van der Waals surface area (Å²) in [6.07, 6.45) is 1.70. The zero-order valence-electron chi connectivity index (χ0n) is 23.7. The quantitative estimate of drug-likeness (QED) is 0.161. The van der Waals surface area contributed by atoms with E-state index >= 15 is 0 Å². The number of fused-ring (bicyclic) bond motifs is 2. The zero-order valence-corrected chi connectivity index (χ0v) is 23.7. The molecule has 0 saturated carbocycles. The van der Waals surface area contributed by atoms with Crippen LogP contribution in [-0.2, 0) is 4.74 Å². The van der Waals surface area contributed by atoms with E-state index in [2.05, 4.69) is 0 Å². The Morgan fingerprint density at radius 3 is 2.34 bits per heavy atom. The lowest BCUT2D eigenvalue weighted by Gasteiger charge is -2.26. The van der Waals surface area contributed by atoms with Gasteiger partial charge in [-0.1, -0.05) is 31.0 Å². The van der Waals surface area contributed by atoms with Crippen LogP contribution in [0.15, 0.2) is 69.9 Å². The van der Waals surface area contributed by atoms with Gasteiger partial charge in [0.15, 0.2) is 16.9 Å². The van der Waals surface area contributed by atoms with Crippen molar-refractivity contribution in [1.29, 1.82) is 0 Å². The van der Waals surface area contributed by atoms with Gasteiger partial charge in [-0.05, 0) is 81.3 Å². The molecule has 3 aromatic carbocycles. The number of benzene rings is 3. The van der Waals surface area contributed by atoms with E-state index in [0.29, 0.717) is 59.1 Å². The highest BCUT2D eigenvalue weighted by atomic mass is 16.5. The molecule has 0 fully saturated rings. The summed E-state index contributed by atoms with van der Waals surface area (Å²) in [5, 5.41) is 0.407. The predicted molar refractivity (Wildman–Crippen MR) is 156 cm³/mol. The van der Waals surface area contributed by atoms with Gasteiger partial charge in [-0.25, -0.2) is 4.79 Å². The molecule has 4 aromatic rings. The van der Waals surface area contributed by atoms with Crippen LogP contribution in [0.2, 0.25) is 0 Å². The first-order valence-corrected chi connectivity index (χ1v) is 14.0. The molecule has 0 bridgehead atoms. The number of rotatable bonds is 10. The van der Waals surface area contributed by atoms with Crippen LogP contribution in [0.3, 0.4) is 0 Å². The fourth-order valence-corrected chi connectivity index (χ4v) is 5.06. The lowest BCUT2D eigenvalue weighted by Crippen LogP contribution is -2.29. The van der Waals surface area contributed by atoms with Gasteiger partial charge in [0.25, 0.3) is 5.91 Å². The number of amides is 1. The standard InChI is InChI=1S/C33H33NO7/c1-5-8-17-40-33(37)21-10-13-23(14-11-21)34-29(22-12-16-26(38-6-2)27(19-22)39-7-3)28-30(35)24-18-20(4)9-15-25(24)41-31(28)32(34)36/h9-16,18-19,29H,5-8,17H2,1-4H3. The number of hydrogen-bond acceptors (Lipinski definition) is 7. The highest BCUT2D eigenvalue weighted by molar-refractivity contribution is 6.11. The summed E-state index contributed by atoms with van der Waals surface area (Å²) in [5.74, 6) is 0.199. The van der Waals surface area contributed by atoms with Gasteiger partial charge in [-0.15, -0.1) is 0 Å². The van der Waals surface area contributed by atoms with E-state index in [9.17, 15) is 14.4 Å². The molecule has 41 heavy (non-hydrogen) atoms. The number of carbonyl (C=O) groups is 2. The first-order chi connectivity index (χ1) is 19.9. The summed E-state index contributed by atoms with van der Waals surface area (Å²) in [4.78, 5) is 41.9. The van der Waals surface area contributed by atoms with Crippen LogP contribution in [-0.4, -0.2) is 31.7 Å². The van der Waals surface area contributed by atoms with Crippen molar-refractivity contribution in [3.8, 4) is 11.5 Å². The number of aryl methyl sites for hydroxylation is 1. The summed E-state index contributed by atoms with van der Waals surface area (Å²) < 4.78 is 23.0. The van der Waals surface area contributed by atoms with E-state index in [-0.39, 0.29) is 16.8 Å². The fraction of sp³-hybridized carbons (Fsp3) is 0.303. The molecule has 0 N–H and O–H groups in total. The van der Waals surface area contributed by atoms with Crippen LogP contribution in [0.5, 0.6) is 11.5 Å². The summed E-state index contributed by atoms with van der Waals surface area (Å²) in [6, 6.07) is 16.5. The summed E-state index contributed by atoms with van der Waals surface area (Å²) >= 11 is 0. The zero-order chi connectivity index (χ0) is 29.1. The van der Waals surface area contributed by atoms with Crippen LogP contribution in [0.1, 0.15) is 77.3 Å². The number of nitrogens with zero attached hydrogens (tertiary/aromatic N) is 1. The minimum atomic E-state index is -0.795. The van der Waals surface area contributed by atoms with Gasteiger partial charge >= 0.3 is 5.97 Å². The molecule has 2 heterocycles. The van der Waals surface area contributed by atoms with E-state index in [1.807, 2.05) is 39.8 Å². The van der Waals surface area contributed by atoms with Crippen molar-refractivity contribution >= 4 is 28.5 Å². The average molecular weight is 556 g/mol. The summed E-state index contributed by atoms with van der Waals surface area (Å²) in [6.45, 7) is 8.90. The van der Waals surface area contributed by atoms with Crippen LogP contribution >= 0.6 is 0 Å². The molecule has 212 valence electrons. The molecular weight excluding hydrogens is 522 g/mol. The van der Waals surface area contributed by atoms with Gasteiger partial charge in [0.2, 0.25) is 5.76 Å². The number of ether oxygens (including phenoxy) is 3. The number of hydrogen-bond donors (Lipinski definition) is 0. The second-order valence-corrected chi connectivity index (χ2v) is 9.86. The van der Waals surface area contributed by atoms with Crippen LogP contribution < -0.4 is 19.8 Å². The molecule has 0 radical (unpaired) electrons. The minimum Gasteiger partial charge on any atom is -0.490 e. The van der Waals surface area contributed by atoms with Gasteiger partial charge in [0, 0.05) is 5.69 Å². The Morgan fingerprint density at radius 2 is 1.63 bits per heavy atom.